The molecule has 19 heavy (non-hydrogen) atoms. The molecule has 4 heteroatoms. The van der Waals surface area contributed by atoms with E-state index in [2.05, 4.69) is 9.97 Å². The van der Waals surface area contributed by atoms with Gasteiger partial charge in [-0.05, 0) is 43.4 Å². The van der Waals surface area contributed by atoms with Gasteiger partial charge in [0.25, 0.3) is 0 Å². The van der Waals surface area contributed by atoms with E-state index >= 15 is 0 Å². The number of hydrogen-bond acceptors (Lipinski definition) is 4. The first-order chi connectivity index (χ1) is 9.36. The predicted molar refractivity (Wildman–Crippen MR) is 73.1 cm³/mol. The lowest BCUT2D eigenvalue weighted by Gasteiger charge is -2.17. The molecule has 4 nitrogen and oxygen atoms in total. The van der Waals surface area contributed by atoms with Crippen LogP contribution in [0.15, 0.2) is 30.6 Å². The maximum atomic E-state index is 5.91. The normalized spacial score (nSPS) is 13.9. The molecule has 0 fully saturated rings. The van der Waals surface area contributed by atoms with Crippen molar-refractivity contribution in [2.75, 3.05) is 0 Å². The second kappa shape index (κ2) is 5.36. The molecule has 0 spiro atoms. The van der Waals surface area contributed by atoms with Crippen molar-refractivity contribution >= 4 is 0 Å². The van der Waals surface area contributed by atoms with Crippen LogP contribution in [0.5, 0.6) is 11.6 Å². The largest absolute Gasteiger partial charge is 0.439 e. The van der Waals surface area contributed by atoms with Gasteiger partial charge in [0.2, 0.25) is 5.88 Å². The van der Waals surface area contributed by atoms with Gasteiger partial charge < -0.3 is 10.5 Å². The molecule has 0 radical (unpaired) electrons. The number of hydrogen-bond donors (Lipinski definition) is 1. The van der Waals surface area contributed by atoms with E-state index in [1.807, 2.05) is 24.3 Å². The van der Waals surface area contributed by atoms with E-state index in [1.54, 1.807) is 6.33 Å². The Hall–Kier alpha value is -1.94. The van der Waals surface area contributed by atoms with Gasteiger partial charge in [0, 0.05) is 12.1 Å². The van der Waals surface area contributed by atoms with Crippen LogP contribution in [0.2, 0.25) is 0 Å². The number of nitrogens with two attached hydrogens (primary N) is 1. The van der Waals surface area contributed by atoms with Crippen LogP contribution in [0.4, 0.5) is 0 Å². The molecular weight excluding hydrogens is 238 g/mol. The summed E-state index contributed by atoms with van der Waals surface area (Å²) in [5.41, 5.74) is 8.99. The van der Waals surface area contributed by atoms with Gasteiger partial charge in [0.15, 0.2) is 0 Å². The van der Waals surface area contributed by atoms with Gasteiger partial charge in [-0.3, -0.25) is 0 Å². The Morgan fingerprint density at radius 2 is 2.05 bits per heavy atom. The Morgan fingerprint density at radius 3 is 2.95 bits per heavy atom. The summed E-state index contributed by atoms with van der Waals surface area (Å²) < 4.78 is 5.91. The lowest BCUT2D eigenvalue weighted by Crippen LogP contribution is -2.08. The summed E-state index contributed by atoms with van der Waals surface area (Å²) in [4.78, 5) is 8.62. The third-order valence-corrected chi connectivity index (χ3v) is 3.43. The van der Waals surface area contributed by atoms with Crippen LogP contribution >= 0.6 is 0 Å². The van der Waals surface area contributed by atoms with Crippen molar-refractivity contribution in [2.45, 2.75) is 32.2 Å². The molecule has 1 aliphatic rings. The van der Waals surface area contributed by atoms with Crippen LogP contribution in [0, 0.1) is 0 Å². The molecule has 1 aromatic carbocycles. The molecule has 0 aliphatic heterocycles. The van der Waals surface area contributed by atoms with Gasteiger partial charge in [-0.15, -0.1) is 0 Å². The SMILES string of the molecule is NCc1cccc(Oc2ncnc3c2CCCC3)c1. The fourth-order valence-electron chi connectivity index (χ4n) is 2.43. The summed E-state index contributed by atoms with van der Waals surface area (Å²) in [6, 6.07) is 7.82. The molecule has 0 amide bonds. The minimum absolute atomic E-state index is 0.513. The molecule has 3 rings (SSSR count). The quantitative estimate of drug-likeness (QED) is 0.915. The first kappa shape index (κ1) is 12.1. The van der Waals surface area contributed by atoms with Gasteiger partial charge in [-0.1, -0.05) is 12.1 Å². The Morgan fingerprint density at radius 1 is 1.16 bits per heavy atom. The topological polar surface area (TPSA) is 61.0 Å². The standard InChI is InChI=1S/C15H17N3O/c16-9-11-4-3-5-12(8-11)19-15-13-6-1-2-7-14(13)17-10-18-15/h3-5,8,10H,1-2,6-7,9,16H2. The van der Waals surface area contributed by atoms with Crippen LogP contribution in [-0.4, -0.2) is 9.97 Å². The lowest BCUT2D eigenvalue weighted by molar-refractivity contribution is 0.446. The van der Waals surface area contributed by atoms with Crippen molar-refractivity contribution in [1.29, 1.82) is 0 Å². The highest BCUT2D eigenvalue weighted by atomic mass is 16.5. The monoisotopic (exact) mass is 255 g/mol. The highest BCUT2D eigenvalue weighted by Gasteiger charge is 2.16. The Labute approximate surface area is 112 Å². The van der Waals surface area contributed by atoms with Crippen LogP contribution in [0.3, 0.4) is 0 Å². The van der Waals surface area contributed by atoms with Crippen LogP contribution in [0.1, 0.15) is 29.7 Å². The molecule has 0 atom stereocenters. The number of benzene rings is 1. The van der Waals surface area contributed by atoms with E-state index in [9.17, 15) is 0 Å². The van der Waals surface area contributed by atoms with Crippen molar-refractivity contribution in [2.24, 2.45) is 5.73 Å². The molecule has 2 N–H and O–H groups in total. The molecule has 1 aliphatic carbocycles. The predicted octanol–water partition coefficient (Wildman–Crippen LogP) is 2.61. The summed E-state index contributed by atoms with van der Waals surface area (Å²) in [6.07, 6.45) is 6.00. The highest BCUT2D eigenvalue weighted by Crippen LogP contribution is 2.29. The van der Waals surface area contributed by atoms with E-state index in [0.29, 0.717) is 12.4 Å². The average Bonchev–Trinajstić information content (AvgIpc) is 2.48. The molecule has 0 unspecified atom stereocenters. The minimum Gasteiger partial charge on any atom is -0.439 e. The van der Waals surface area contributed by atoms with Gasteiger partial charge in [-0.25, -0.2) is 9.97 Å². The van der Waals surface area contributed by atoms with E-state index in [0.717, 1.165) is 35.4 Å². The number of rotatable bonds is 3. The molecule has 0 saturated carbocycles. The third kappa shape index (κ3) is 2.58. The van der Waals surface area contributed by atoms with Crippen LogP contribution in [-0.2, 0) is 19.4 Å². The molecule has 0 bridgehead atoms. The van der Waals surface area contributed by atoms with Crippen molar-refractivity contribution in [1.82, 2.24) is 9.97 Å². The van der Waals surface area contributed by atoms with Crippen molar-refractivity contribution in [3.63, 3.8) is 0 Å². The Bertz CT molecular complexity index is 583. The van der Waals surface area contributed by atoms with Crippen molar-refractivity contribution in [3.05, 3.63) is 47.4 Å². The van der Waals surface area contributed by atoms with Gasteiger partial charge in [-0.2, -0.15) is 0 Å². The molecule has 0 saturated heterocycles. The van der Waals surface area contributed by atoms with E-state index in [4.69, 9.17) is 10.5 Å². The number of aromatic nitrogens is 2. The second-order valence-corrected chi connectivity index (χ2v) is 4.76. The Kier molecular flexibility index (Phi) is 3.42. The summed E-state index contributed by atoms with van der Waals surface area (Å²) in [5.74, 6) is 1.48. The maximum Gasteiger partial charge on any atom is 0.225 e. The number of fused-ring (bicyclic) bond motifs is 1. The first-order valence-electron chi connectivity index (χ1n) is 6.66. The first-order valence-corrected chi connectivity index (χ1v) is 6.66. The lowest BCUT2D eigenvalue weighted by atomic mass is 9.97. The van der Waals surface area contributed by atoms with Gasteiger partial charge in [0.05, 0.1) is 5.69 Å². The van der Waals surface area contributed by atoms with E-state index in [-0.39, 0.29) is 0 Å². The number of ether oxygens (including phenoxy) is 1. The summed E-state index contributed by atoms with van der Waals surface area (Å²) in [5, 5.41) is 0. The van der Waals surface area contributed by atoms with Crippen LogP contribution in [0.25, 0.3) is 0 Å². The summed E-state index contributed by atoms with van der Waals surface area (Å²) in [7, 11) is 0. The van der Waals surface area contributed by atoms with Crippen molar-refractivity contribution < 1.29 is 4.74 Å². The average molecular weight is 255 g/mol. The zero-order valence-corrected chi connectivity index (χ0v) is 10.8. The zero-order valence-electron chi connectivity index (χ0n) is 10.8. The number of nitrogens with zero attached hydrogens (tertiary/aromatic N) is 2. The molecule has 1 heterocycles. The summed E-state index contributed by atoms with van der Waals surface area (Å²) >= 11 is 0. The van der Waals surface area contributed by atoms with Gasteiger partial charge >= 0.3 is 0 Å². The smallest absolute Gasteiger partial charge is 0.225 e. The molecular formula is C15H17N3O. The van der Waals surface area contributed by atoms with Crippen molar-refractivity contribution in [3.8, 4) is 11.6 Å². The minimum atomic E-state index is 0.513. The second-order valence-electron chi connectivity index (χ2n) is 4.76. The number of aryl methyl sites for hydroxylation is 1. The molecule has 98 valence electrons. The Balaban J connectivity index is 1.90. The van der Waals surface area contributed by atoms with E-state index in [1.165, 1.54) is 12.8 Å². The highest BCUT2D eigenvalue weighted by molar-refractivity contribution is 5.37. The molecule has 2 aromatic rings. The fourth-order valence-corrected chi connectivity index (χ4v) is 2.43. The summed E-state index contributed by atoms with van der Waals surface area (Å²) in [6.45, 7) is 0.513. The molecule has 1 aromatic heterocycles. The third-order valence-electron chi connectivity index (χ3n) is 3.43. The van der Waals surface area contributed by atoms with Gasteiger partial charge in [0.1, 0.15) is 12.1 Å². The fraction of sp³-hybridized carbons (Fsp3) is 0.333. The van der Waals surface area contributed by atoms with Crippen LogP contribution < -0.4 is 10.5 Å². The van der Waals surface area contributed by atoms with E-state index < -0.39 is 0 Å². The zero-order chi connectivity index (χ0) is 13.1. The maximum absolute atomic E-state index is 5.91.